The molecule has 0 atom stereocenters. The molecule has 0 saturated heterocycles. The maximum Gasteiger partial charge on any atom is 0.0726 e. The van der Waals surface area contributed by atoms with Crippen molar-refractivity contribution in [2.45, 2.75) is 10.8 Å². The molecule has 0 heterocycles. The predicted molar refractivity (Wildman–Crippen MR) is 311 cm³/mol. The minimum absolute atomic E-state index is 0.648. The lowest BCUT2D eigenvalue weighted by atomic mass is 9.65. The maximum atomic E-state index is 2.67. The zero-order valence-corrected chi connectivity index (χ0v) is 41.2. The Labute approximate surface area is 439 Å². The smallest absolute Gasteiger partial charge is 0.0726 e. The highest BCUT2D eigenvalue weighted by molar-refractivity contribution is 6.10. The van der Waals surface area contributed by atoms with Crippen molar-refractivity contribution in [3.63, 3.8) is 0 Å². The molecule has 12 aromatic rings. The summed E-state index contributed by atoms with van der Waals surface area (Å²) in [5.74, 6) is 0. The lowest BCUT2D eigenvalue weighted by molar-refractivity contribution is 0.753. The van der Waals surface area contributed by atoms with Gasteiger partial charge in [-0.1, -0.05) is 267 Å². The summed E-state index contributed by atoms with van der Waals surface area (Å²) in [4.78, 5) is 2.61. The van der Waals surface area contributed by atoms with Crippen LogP contribution in [0.5, 0.6) is 0 Å². The molecule has 0 bridgehead atoms. The number of fused-ring (bicyclic) bond motifs is 13. The molecule has 350 valence electrons. The fraction of sp³-hybridized carbons (Fsp3) is 0.0270. The summed E-state index contributed by atoms with van der Waals surface area (Å²) in [7, 11) is 0. The van der Waals surface area contributed by atoms with Crippen LogP contribution in [0.4, 0.5) is 17.1 Å². The van der Waals surface area contributed by atoms with E-state index in [1.165, 1.54) is 117 Å². The van der Waals surface area contributed by atoms with Gasteiger partial charge in [0.15, 0.2) is 0 Å². The van der Waals surface area contributed by atoms with Gasteiger partial charge in [-0.25, -0.2) is 0 Å². The molecule has 0 N–H and O–H groups in total. The van der Waals surface area contributed by atoms with Crippen molar-refractivity contribution in [3.8, 4) is 66.8 Å². The highest BCUT2D eigenvalue weighted by Crippen LogP contribution is 2.70. The van der Waals surface area contributed by atoms with Gasteiger partial charge in [0.25, 0.3) is 0 Å². The average molecular weight is 952 g/mol. The summed E-state index contributed by atoms with van der Waals surface area (Å²) in [5.41, 5.74) is 26.9. The van der Waals surface area contributed by atoms with E-state index >= 15 is 0 Å². The fourth-order valence-electron chi connectivity index (χ4n) is 13.5. The second-order valence-corrected chi connectivity index (χ2v) is 20.2. The van der Waals surface area contributed by atoms with Crippen LogP contribution in [0.3, 0.4) is 0 Å². The Morgan fingerprint density at radius 1 is 0.213 bits per heavy atom. The average Bonchev–Trinajstić information content (AvgIpc) is 4.30. The summed E-state index contributed by atoms with van der Waals surface area (Å²) in [6.07, 6.45) is 0. The van der Waals surface area contributed by atoms with Crippen molar-refractivity contribution < 1.29 is 0 Å². The number of hydrogen-bond donors (Lipinski definition) is 0. The zero-order chi connectivity index (χ0) is 49.5. The van der Waals surface area contributed by atoms with Crippen LogP contribution in [-0.4, -0.2) is 0 Å². The molecule has 0 saturated carbocycles. The topological polar surface area (TPSA) is 3.24 Å². The Bertz CT molecular complexity index is 3960. The first-order valence-corrected chi connectivity index (χ1v) is 26.2. The van der Waals surface area contributed by atoms with Crippen molar-refractivity contribution in [2.75, 3.05) is 4.90 Å². The molecule has 0 unspecified atom stereocenters. The SMILES string of the molecule is c1ccc(-c2ccc(N(c3ccc(-c4ccccc4)cc3)c3c4c(cc5c3-c3cc(-c6ccccc6)ccc3C53c5ccccc5-c5ccccc53)C(c3ccccc3)(c3ccccc3)c3ccccc3-4)cc2)cc1. The van der Waals surface area contributed by atoms with Crippen LogP contribution in [-0.2, 0) is 10.8 Å². The Hall–Kier alpha value is -9.56. The standard InChI is InChI=1S/C74H49N/c1-6-22-50(23-7-1)53-38-43-58(44-39-53)75(59-45-40-54(41-46-59)51-24-8-2-9-25-51)72-70-62-34-18-21-37-66(62)73(56-28-12-4-13-29-56,57-30-14-5-15-31-57)68(70)49-69-71(72)63-48-55(52-26-10-3-11-27-52)42-47-67(63)74(69)64-35-19-16-32-60(64)61-33-17-20-36-65(61)74/h1-49H. The van der Waals surface area contributed by atoms with Gasteiger partial charge in [-0.15, -0.1) is 0 Å². The van der Waals surface area contributed by atoms with Crippen molar-refractivity contribution in [1.82, 2.24) is 0 Å². The Morgan fingerprint density at radius 2 is 0.547 bits per heavy atom. The molecule has 15 rings (SSSR count). The lowest BCUT2D eigenvalue weighted by Gasteiger charge is -2.37. The Balaban J connectivity index is 1.15. The third-order valence-corrected chi connectivity index (χ3v) is 16.6. The minimum Gasteiger partial charge on any atom is -0.309 e. The third-order valence-electron chi connectivity index (χ3n) is 16.6. The predicted octanol–water partition coefficient (Wildman–Crippen LogP) is 18.9. The molecular weight excluding hydrogens is 903 g/mol. The van der Waals surface area contributed by atoms with Crippen LogP contribution in [0.25, 0.3) is 66.8 Å². The molecule has 1 spiro atoms. The second kappa shape index (κ2) is 17.0. The highest BCUT2D eigenvalue weighted by Gasteiger charge is 2.56. The van der Waals surface area contributed by atoms with Crippen molar-refractivity contribution in [1.29, 1.82) is 0 Å². The van der Waals surface area contributed by atoms with Gasteiger partial charge < -0.3 is 4.90 Å². The van der Waals surface area contributed by atoms with Crippen LogP contribution in [0.15, 0.2) is 297 Å². The van der Waals surface area contributed by atoms with Crippen molar-refractivity contribution >= 4 is 17.1 Å². The number of anilines is 3. The van der Waals surface area contributed by atoms with Crippen molar-refractivity contribution in [3.05, 3.63) is 342 Å². The fourth-order valence-corrected chi connectivity index (χ4v) is 13.5. The summed E-state index contributed by atoms with van der Waals surface area (Å²) >= 11 is 0. The number of rotatable bonds is 8. The van der Waals surface area contributed by atoms with Crippen LogP contribution >= 0.6 is 0 Å². The molecule has 0 aliphatic heterocycles. The molecule has 3 aliphatic carbocycles. The lowest BCUT2D eigenvalue weighted by Crippen LogP contribution is -2.30. The van der Waals surface area contributed by atoms with E-state index in [0.29, 0.717) is 0 Å². The third kappa shape index (κ3) is 6.25. The molecule has 1 heteroatoms. The quantitative estimate of drug-likeness (QED) is 0.147. The van der Waals surface area contributed by atoms with E-state index in [1.54, 1.807) is 0 Å². The summed E-state index contributed by atoms with van der Waals surface area (Å²) in [6, 6.07) is 111. The molecule has 75 heavy (non-hydrogen) atoms. The van der Waals surface area contributed by atoms with Crippen LogP contribution < -0.4 is 4.90 Å². The summed E-state index contributed by atoms with van der Waals surface area (Å²) in [5, 5.41) is 0. The van der Waals surface area contributed by atoms with E-state index in [2.05, 4.69) is 302 Å². The molecular formula is C74H49N. The molecule has 12 aromatic carbocycles. The zero-order valence-electron chi connectivity index (χ0n) is 41.2. The largest absolute Gasteiger partial charge is 0.309 e. The van der Waals surface area contributed by atoms with Crippen molar-refractivity contribution in [2.24, 2.45) is 0 Å². The molecule has 1 nitrogen and oxygen atoms in total. The number of nitrogens with zero attached hydrogens (tertiary/aromatic N) is 1. The van der Waals surface area contributed by atoms with Gasteiger partial charge in [0.1, 0.15) is 0 Å². The number of hydrogen-bond acceptors (Lipinski definition) is 1. The first-order chi connectivity index (χ1) is 37.2. The van der Waals surface area contributed by atoms with E-state index in [1.807, 2.05) is 0 Å². The van der Waals surface area contributed by atoms with Gasteiger partial charge in [0.05, 0.1) is 16.5 Å². The van der Waals surface area contributed by atoms with Crippen LogP contribution in [0, 0.1) is 0 Å². The summed E-state index contributed by atoms with van der Waals surface area (Å²) < 4.78 is 0. The van der Waals surface area contributed by atoms with Gasteiger partial charge >= 0.3 is 0 Å². The highest BCUT2D eigenvalue weighted by atomic mass is 15.1. The van der Waals surface area contributed by atoms with Gasteiger partial charge in [0, 0.05) is 22.5 Å². The number of benzene rings is 12. The summed E-state index contributed by atoms with van der Waals surface area (Å²) in [6.45, 7) is 0. The minimum atomic E-state index is -0.680. The molecule has 0 radical (unpaired) electrons. The van der Waals surface area contributed by atoms with Gasteiger partial charge in [0.2, 0.25) is 0 Å². The first kappa shape index (κ1) is 43.1. The maximum absolute atomic E-state index is 2.67. The molecule has 0 fully saturated rings. The van der Waals surface area contributed by atoms with E-state index in [-0.39, 0.29) is 0 Å². The second-order valence-electron chi connectivity index (χ2n) is 20.2. The molecule has 3 aliphatic rings. The van der Waals surface area contributed by atoms with E-state index in [0.717, 1.165) is 11.4 Å². The molecule has 0 aromatic heterocycles. The van der Waals surface area contributed by atoms with E-state index in [4.69, 9.17) is 0 Å². The Morgan fingerprint density at radius 3 is 1.03 bits per heavy atom. The Kier molecular flexibility index (Phi) is 9.77. The normalized spacial score (nSPS) is 13.5. The van der Waals surface area contributed by atoms with Crippen LogP contribution in [0.1, 0.15) is 44.5 Å². The molecule has 0 amide bonds. The van der Waals surface area contributed by atoms with E-state index in [9.17, 15) is 0 Å². The van der Waals surface area contributed by atoms with E-state index < -0.39 is 10.8 Å². The van der Waals surface area contributed by atoms with Crippen LogP contribution in [0.2, 0.25) is 0 Å². The first-order valence-electron chi connectivity index (χ1n) is 26.2. The monoisotopic (exact) mass is 951 g/mol. The van der Waals surface area contributed by atoms with Gasteiger partial charge in [-0.05, 0) is 130 Å². The van der Waals surface area contributed by atoms with Gasteiger partial charge in [-0.3, -0.25) is 0 Å². The van der Waals surface area contributed by atoms with Gasteiger partial charge in [-0.2, -0.15) is 0 Å².